The van der Waals surface area contributed by atoms with Crippen LogP contribution >= 0.6 is 24.2 Å². The number of aromatic nitrogens is 3. The minimum absolute atomic E-state index is 0. The third kappa shape index (κ3) is 4.20. The lowest BCUT2D eigenvalue weighted by Crippen LogP contribution is -1.90. The van der Waals surface area contributed by atoms with E-state index in [4.69, 9.17) is 0 Å². The molecule has 0 aliphatic carbocycles. The maximum absolute atomic E-state index is 9.32. The number of aryl methyl sites for hydroxylation is 1. The van der Waals surface area contributed by atoms with Crippen LogP contribution in [-0.4, -0.2) is 20.1 Å². The number of hydrogen-bond acceptors (Lipinski definition) is 5. The third-order valence-corrected chi connectivity index (χ3v) is 2.86. The van der Waals surface area contributed by atoms with Crippen molar-refractivity contribution in [3.8, 4) is 5.88 Å². The van der Waals surface area contributed by atoms with Gasteiger partial charge in [-0.15, -0.1) is 12.4 Å². The van der Waals surface area contributed by atoms with Crippen LogP contribution in [0, 0.1) is 6.92 Å². The van der Waals surface area contributed by atoms with Crippen LogP contribution in [0.25, 0.3) is 0 Å². The highest BCUT2D eigenvalue weighted by Crippen LogP contribution is 2.20. The van der Waals surface area contributed by atoms with Gasteiger partial charge in [-0.25, -0.2) is 4.98 Å². The Bertz CT molecular complexity index is 461. The molecule has 0 saturated heterocycles. The van der Waals surface area contributed by atoms with Crippen LogP contribution in [0.5, 0.6) is 5.88 Å². The van der Waals surface area contributed by atoms with Crippen LogP contribution in [-0.2, 0) is 5.75 Å². The second kappa shape index (κ2) is 6.42. The Labute approximate surface area is 110 Å². The fourth-order valence-corrected chi connectivity index (χ4v) is 2.07. The monoisotopic (exact) mass is 269 g/mol. The Morgan fingerprint density at radius 2 is 1.94 bits per heavy atom. The molecule has 2 aromatic heterocycles. The average molecular weight is 270 g/mol. The molecule has 0 bridgehead atoms. The molecule has 4 nitrogen and oxygen atoms in total. The highest BCUT2D eigenvalue weighted by atomic mass is 35.5. The highest BCUT2D eigenvalue weighted by Gasteiger charge is 2.02. The summed E-state index contributed by atoms with van der Waals surface area (Å²) in [6.45, 7) is 1.83. The van der Waals surface area contributed by atoms with Crippen molar-refractivity contribution in [1.82, 2.24) is 15.0 Å². The average Bonchev–Trinajstić information content (AvgIpc) is 2.27. The Morgan fingerprint density at radius 1 is 1.24 bits per heavy atom. The Morgan fingerprint density at radius 3 is 2.59 bits per heavy atom. The molecule has 17 heavy (non-hydrogen) atoms. The van der Waals surface area contributed by atoms with E-state index in [0.29, 0.717) is 5.16 Å². The van der Waals surface area contributed by atoms with Crippen molar-refractivity contribution in [2.24, 2.45) is 0 Å². The second-order valence-electron chi connectivity index (χ2n) is 3.29. The number of hydrogen-bond donors (Lipinski definition) is 1. The van der Waals surface area contributed by atoms with Crippen LogP contribution in [0.3, 0.4) is 0 Å². The smallest absolute Gasteiger partial charge is 0.215 e. The van der Waals surface area contributed by atoms with Gasteiger partial charge in [0.25, 0.3) is 0 Å². The molecule has 0 radical (unpaired) electrons. The molecule has 0 amide bonds. The van der Waals surface area contributed by atoms with Gasteiger partial charge in [0.05, 0.1) is 0 Å². The van der Waals surface area contributed by atoms with Gasteiger partial charge in [0.15, 0.2) is 5.16 Å². The lowest BCUT2D eigenvalue weighted by atomic mass is 10.3. The van der Waals surface area contributed by atoms with Gasteiger partial charge in [-0.1, -0.05) is 11.8 Å². The summed E-state index contributed by atoms with van der Waals surface area (Å²) in [5.74, 6) is 0.788. The number of thioether (sulfide) groups is 1. The van der Waals surface area contributed by atoms with E-state index in [-0.39, 0.29) is 18.3 Å². The molecule has 1 N–H and O–H groups in total. The first-order chi connectivity index (χ1) is 7.74. The SMILES string of the molecule is Cc1cc(O)nc(SCc2ccncc2)n1.Cl. The van der Waals surface area contributed by atoms with Gasteiger partial charge in [0.1, 0.15) is 0 Å². The van der Waals surface area contributed by atoms with E-state index in [2.05, 4.69) is 15.0 Å². The Kier molecular flexibility index (Phi) is 5.18. The minimum atomic E-state index is 0. The minimum Gasteiger partial charge on any atom is -0.493 e. The maximum atomic E-state index is 9.32. The van der Waals surface area contributed by atoms with Crippen molar-refractivity contribution in [2.45, 2.75) is 17.8 Å². The maximum Gasteiger partial charge on any atom is 0.215 e. The summed E-state index contributed by atoms with van der Waals surface area (Å²) in [4.78, 5) is 12.1. The summed E-state index contributed by atoms with van der Waals surface area (Å²) >= 11 is 1.49. The van der Waals surface area contributed by atoms with E-state index in [1.54, 1.807) is 12.4 Å². The topological polar surface area (TPSA) is 58.9 Å². The Balaban J connectivity index is 0.00000144. The van der Waals surface area contributed by atoms with E-state index in [1.165, 1.54) is 17.8 Å². The number of halogens is 1. The number of nitrogens with zero attached hydrogens (tertiary/aromatic N) is 3. The van der Waals surface area contributed by atoms with Crippen molar-refractivity contribution in [3.63, 3.8) is 0 Å². The van der Waals surface area contributed by atoms with Gasteiger partial charge in [0.2, 0.25) is 5.88 Å². The molecule has 0 aliphatic rings. The quantitative estimate of drug-likeness (QED) is 0.686. The zero-order valence-corrected chi connectivity index (χ0v) is 10.8. The van der Waals surface area contributed by atoms with Gasteiger partial charge in [-0.05, 0) is 24.6 Å². The molecule has 0 fully saturated rings. The first kappa shape index (κ1) is 13.7. The summed E-state index contributed by atoms with van der Waals surface area (Å²) < 4.78 is 0. The zero-order valence-electron chi connectivity index (χ0n) is 9.20. The number of pyridine rings is 1. The molecule has 2 aromatic rings. The summed E-state index contributed by atoms with van der Waals surface area (Å²) in [5.41, 5.74) is 1.93. The normalized spacial score (nSPS) is 9.71. The molecule has 0 atom stereocenters. The third-order valence-electron chi connectivity index (χ3n) is 1.94. The standard InChI is InChI=1S/C11H11N3OS.ClH/c1-8-6-10(15)14-11(13-8)16-7-9-2-4-12-5-3-9;/h2-6H,7H2,1H3,(H,13,14,15);1H. The first-order valence-corrected chi connectivity index (χ1v) is 5.79. The molecule has 0 unspecified atom stereocenters. The largest absolute Gasteiger partial charge is 0.493 e. The summed E-state index contributed by atoms with van der Waals surface area (Å²) in [6.07, 6.45) is 3.51. The van der Waals surface area contributed by atoms with E-state index in [0.717, 1.165) is 17.0 Å². The number of rotatable bonds is 3. The van der Waals surface area contributed by atoms with E-state index in [1.807, 2.05) is 19.1 Å². The molecular weight excluding hydrogens is 258 g/mol. The molecular formula is C11H12ClN3OS. The number of aromatic hydroxyl groups is 1. The summed E-state index contributed by atoms with van der Waals surface area (Å²) in [7, 11) is 0. The molecule has 2 heterocycles. The van der Waals surface area contributed by atoms with Crippen molar-refractivity contribution >= 4 is 24.2 Å². The lowest BCUT2D eigenvalue weighted by molar-refractivity contribution is 0.444. The van der Waals surface area contributed by atoms with Gasteiger partial charge < -0.3 is 5.11 Å². The van der Waals surface area contributed by atoms with E-state index in [9.17, 15) is 5.11 Å². The van der Waals surface area contributed by atoms with Crippen LogP contribution < -0.4 is 0 Å². The molecule has 0 spiro atoms. The highest BCUT2D eigenvalue weighted by molar-refractivity contribution is 7.98. The molecule has 6 heteroatoms. The van der Waals surface area contributed by atoms with Crippen molar-refractivity contribution in [2.75, 3.05) is 0 Å². The van der Waals surface area contributed by atoms with Crippen LogP contribution in [0.1, 0.15) is 11.3 Å². The molecule has 0 aliphatic heterocycles. The summed E-state index contributed by atoms with van der Waals surface area (Å²) in [6, 6.07) is 5.43. The zero-order chi connectivity index (χ0) is 11.4. The molecule has 0 saturated carbocycles. The lowest BCUT2D eigenvalue weighted by Gasteiger charge is -2.01. The molecule has 2 rings (SSSR count). The van der Waals surface area contributed by atoms with Crippen LogP contribution in [0.15, 0.2) is 35.7 Å². The predicted molar refractivity (Wildman–Crippen MR) is 69.5 cm³/mol. The predicted octanol–water partition coefficient (Wildman–Crippen LogP) is 2.60. The van der Waals surface area contributed by atoms with Gasteiger partial charge in [-0.3, -0.25) is 4.98 Å². The van der Waals surface area contributed by atoms with Gasteiger partial charge in [-0.2, -0.15) is 4.98 Å². The van der Waals surface area contributed by atoms with Crippen molar-refractivity contribution < 1.29 is 5.11 Å². The second-order valence-corrected chi connectivity index (χ2v) is 4.24. The van der Waals surface area contributed by atoms with Crippen molar-refractivity contribution in [1.29, 1.82) is 0 Å². The van der Waals surface area contributed by atoms with Gasteiger partial charge >= 0.3 is 0 Å². The van der Waals surface area contributed by atoms with Gasteiger partial charge in [0, 0.05) is 29.9 Å². The van der Waals surface area contributed by atoms with E-state index >= 15 is 0 Å². The fourth-order valence-electron chi connectivity index (χ4n) is 1.22. The van der Waals surface area contributed by atoms with Crippen LogP contribution in [0.4, 0.5) is 0 Å². The summed E-state index contributed by atoms with van der Waals surface area (Å²) in [5, 5.41) is 9.91. The molecule has 0 aromatic carbocycles. The fraction of sp³-hybridized carbons (Fsp3) is 0.182. The first-order valence-electron chi connectivity index (χ1n) is 4.80. The Hall–Kier alpha value is -1.33. The van der Waals surface area contributed by atoms with Crippen molar-refractivity contribution in [3.05, 3.63) is 41.9 Å². The van der Waals surface area contributed by atoms with E-state index < -0.39 is 0 Å². The van der Waals surface area contributed by atoms with Crippen LogP contribution in [0.2, 0.25) is 0 Å². The molecule has 90 valence electrons.